The number of H-pyrrole nitrogens is 1. The summed E-state index contributed by atoms with van der Waals surface area (Å²) < 4.78 is 0. The quantitative estimate of drug-likeness (QED) is 0.621. The first-order valence-electron chi connectivity index (χ1n) is 10.3. The van der Waals surface area contributed by atoms with Gasteiger partial charge in [0, 0.05) is 52.1 Å². The van der Waals surface area contributed by atoms with Crippen molar-refractivity contribution in [2.75, 3.05) is 11.9 Å². The van der Waals surface area contributed by atoms with Gasteiger partial charge in [0.1, 0.15) is 0 Å². The second kappa shape index (κ2) is 7.67. The maximum absolute atomic E-state index is 6.64. The fourth-order valence-electron chi connectivity index (χ4n) is 4.74. The number of hydrogen-bond donors (Lipinski definition) is 2. The zero-order valence-electron chi connectivity index (χ0n) is 18.2. The molecule has 1 aliphatic heterocycles. The van der Waals surface area contributed by atoms with E-state index in [1.807, 2.05) is 24.4 Å². The van der Waals surface area contributed by atoms with Gasteiger partial charge >= 0.3 is 0 Å². The zero-order chi connectivity index (χ0) is 21.5. The molecule has 0 bridgehead atoms. The molecule has 3 heterocycles. The molecule has 2 aromatic heterocycles. The lowest BCUT2D eigenvalue weighted by molar-refractivity contribution is 0.160. The van der Waals surface area contributed by atoms with Crippen LogP contribution in [0.3, 0.4) is 0 Å². The fourth-order valence-corrected chi connectivity index (χ4v) is 5.03. The molecule has 0 radical (unpaired) electrons. The summed E-state index contributed by atoms with van der Waals surface area (Å²) in [6.07, 6.45) is 7.49. The van der Waals surface area contributed by atoms with Crippen LogP contribution < -0.4 is 10.2 Å². The van der Waals surface area contributed by atoms with Crippen molar-refractivity contribution in [1.82, 2.24) is 25.7 Å². The van der Waals surface area contributed by atoms with Crippen LogP contribution in [0.2, 0.25) is 5.02 Å². The number of aromatic nitrogens is 4. The molecule has 7 heteroatoms. The van der Waals surface area contributed by atoms with Crippen molar-refractivity contribution in [3.63, 3.8) is 0 Å². The Morgan fingerprint density at radius 2 is 1.73 bits per heavy atom. The van der Waals surface area contributed by atoms with E-state index in [2.05, 4.69) is 71.4 Å². The average molecular weight is 425 g/mol. The van der Waals surface area contributed by atoms with Gasteiger partial charge in [-0.15, -0.1) is 5.10 Å². The summed E-state index contributed by atoms with van der Waals surface area (Å²) in [7, 11) is 2.11. The fraction of sp³-hybridized carbons (Fsp3) is 0.435. The van der Waals surface area contributed by atoms with E-state index in [9.17, 15) is 0 Å². The van der Waals surface area contributed by atoms with Crippen LogP contribution in [-0.2, 0) is 0 Å². The van der Waals surface area contributed by atoms with Gasteiger partial charge in [0.25, 0.3) is 0 Å². The molecule has 1 aliphatic rings. The number of halogens is 1. The van der Waals surface area contributed by atoms with Crippen molar-refractivity contribution < 1.29 is 0 Å². The van der Waals surface area contributed by atoms with Gasteiger partial charge in [-0.3, -0.25) is 5.10 Å². The number of nitrogens with zero attached hydrogens (tertiary/aromatic N) is 4. The Balaban J connectivity index is 1.61. The third-order valence-electron chi connectivity index (χ3n) is 5.83. The Morgan fingerprint density at radius 3 is 2.37 bits per heavy atom. The van der Waals surface area contributed by atoms with Crippen molar-refractivity contribution in [3.8, 4) is 22.3 Å². The molecule has 1 saturated heterocycles. The molecule has 0 saturated carbocycles. The van der Waals surface area contributed by atoms with Crippen molar-refractivity contribution in [2.45, 2.75) is 57.7 Å². The average Bonchev–Trinajstić information content (AvgIpc) is 3.20. The summed E-state index contributed by atoms with van der Waals surface area (Å²) in [4.78, 5) is 2.26. The minimum Gasteiger partial charge on any atom is -0.355 e. The number of benzene rings is 1. The van der Waals surface area contributed by atoms with E-state index in [-0.39, 0.29) is 11.1 Å². The summed E-state index contributed by atoms with van der Waals surface area (Å²) in [5.41, 5.74) is 4.07. The molecular formula is C23H29ClN6. The molecule has 6 nitrogen and oxygen atoms in total. The SMILES string of the molecule is CN(c1cc(-c2ccc(-c3cn[nH]c3)cc2Cl)cnn1)C1CC(C)(C)NC(C)(C)C1. The van der Waals surface area contributed by atoms with Gasteiger partial charge in [0.05, 0.1) is 12.4 Å². The van der Waals surface area contributed by atoms with Gasteiger partial charge in [0.2, 0.25) is 0 Å². The summed E-state index contributed by atoms with van der Waals surface area (Å²) in [6, 6.07) is 8.49. The predicted octanol–water partition coefficient (Wildman–Crippen LogP) is 4.93. The van der Waals surface area contributed by atoms with E-state index in [4.69, 9.17) is 11.6 Å². The lowest BCUT2D eigenvalue weighted by atomic mass is 9.79. The van der Waals surface area contributed by atoms with Gasteiger partial charge in [-0.2, -0.15) is 10.2 Å². The van der Waals surface area contributed by atoms with E-state index in [1.54, 1.807) is 12.4 Å². The molecule has 2 N–H and O–H groups in total. The second-order valence-electron chi connectivity index (χ2n) is 9.55. The second-order valence-corrected chi connectivity index (χ2v) is 9.96. The smallest absolute Gasteiger partial charge is 0.151 e. The number of nitrogens with one attached hydrogen (secondary N) is 2. The molecule has 0 amide bonds. The molecule has 1 fully saturated rings. The summed E-state index contributed by atoms with van der Waals surface area (Å²) in [6.45, 7) is 9.05. The molecule has 0 unspecified atom stereocenters. The zero-order valence-corrected chi connectivity index (χ0v) is 19.0. The third-order valence-corrected chi connectivity index (χ3v) is 6.14. The highest BCUT2D eigenvalue weighted by molar-refractivity contribution is 6.33. The standard InChI is InChI=1S/C23H29ClN6/c1-22(2)10-18(11-23(3,4)29-22)30(5)21-9-16(12-27-28-21)19-7-6-15(8-20(19)24)17-13-25-26-14-17/h6-9,12-14,18,29H,10-11H2,1-5H3,(H,25,26). The number of aromatic amines is 1. The van der Waals surface area contributed by atoms with Crippen LogP contribution in [0.1, 0.15) is 40.5 Å². The minimum absolute atomic E-state index is 0.0674. The van der Waals surface area contributed by atoms with Crippen LogP contribution in [-0.4, -0.2) is 44.6 Å². The van der Waals surface area contributed by atoms with Gasteiger partial charge < -0.3 is 10.2 Å². The monoisotopic (exact) mass is 424 g/mol. The first-order chi connectivity index (χ1) is 14.1. The number of rotatable bonds is 4. The van der Waals surface area contributed by atoms with Gasteiger partial charge in [-0.05, 0) is 58.2 Å². The number of anilines is 1. The predicted molar refractivity (Wildman–Crippen MR) is 123 cm³/mol. The third kappa shape index (κ3) is 4.35. The van der Waals surface area contributed by atoms with Crippen LogP contribution in [0, 0.1) is 0 Å². The van der Waals surface area contributed by atoms with Crippen LogP contribution >= 0.6 is 11.6 Å². The molecule has 30 heavy (non-hydrogen) atoms. The Hall–Kier alpha value is -2.44. The normalized spacial score (nSPS) is 18.3. The Kier molecular flexibility index (Phi) is 5.32. The Labute approximate surface area is 183 Å². The first kappa shape index (κ1) is 20.8. The van der Waals surface area contributed by atoms with Crippen molar-refractivity contribution in [2.24, 2.45) is 0 Å². The molecule has 0 aliphatic carbocycles. The molecule has 0 atom stereocenters. The molecule has 1 aromatic carbocycles. The van der Waals surface area contributed by atoms with Crippen molar-refractivity contribution in [3.05, 3.63) is 47.9 Å². The van der Waals surface area contributed by atoms with E-state index < -0.39 is 0 Å². The Morgan fingerprint density at radius 1 is 1.00 bits per heavy atom. The number of piperidine rings is 1. The molecule has 158 valence electrons. The summed E-state index contributed by atoms with van der Waals surface area (Å²) >= 11 is 6.64. The summed E-state index contributed by atoms with van der Waals surface area (Å²) in [5, 5.41) is 20.0. The highest BCUT2D eigenvalue weighted by atomic mass is 35.5. The van der Waals surface area contributed by atoms with Crippen LogP contribution in [0.15, 0.2) is 42.9 Å². The van der Waals surface area contributed by atoms with Crippen LogP contribution in [0.4, 0.5) is 5.82 Å². The largest absolute Gasteiger partial charge is 0.355 e. The van der Waals surface area contributed by atoms with Crippen LogP contribution in [0.5, 0.6) is 0 Å². The highest BCUT2D eigenvalue weighted by Crippen LogP contribution is 2.35. The molecule has 4 rings (SSSR count). The van der Waals surface area contributed by atoms with E-state index >= 15 is 0 Å². The van der Waals surface area contributed by atoms with E-state index in [1.165, 1.54) is 0 Å². The molecule has 3 aromatic rings. The maximum atomic E-state index is 6.64. The van der Waals surface area contributed by atoms with Gasteiger partial charge in [-0.25, -0.2) is 0 Å². The Bertz CT molecular complexity index is 1010. The van der Waals surface area contributed by atoms with Gasteiger partial charge in [0.15, 0.2) is 5.82 Å². The van der Waals surface area contributed by atoms with E-state index in [0.29, 0.717) is 11.1 Å². The summed E-state index contributed by atoms with van der Waals surface area (Å²) in [5.74, 6) is 0.862. The topological polar surface area (TPSA) is 69.7 Å². The highest BCUT2D eigenvalue weighted by Gasteiger charge is 2.39. The van der Waals surface area contributed by atoms with Crippen LogP contribution in [0.25, 0.3) is 22.3 Å². The maximum Gasteiger partial charge on any atom is 0.151 e. The number of hydrogen-bond acceptors (Lipinski definition) is 5. The molecule has 0 spiro atoms. The van der Waals surface area contributed by atoms with Crippen molar-refractivity contribution >= 4 is 17.4 Å². The minimum atomic E-state index is 0.0674. The van der Waals surface area contributed by atoms with Crippen molar-refractivity contribution in [1.29, 1.82) is 0 Å². The lowest BCUT2D eigenvalue weighted by Gasteiger charge is -2.49. The lowest BCUT2D eigenvalue weighted by Crippen LogP contribution is -2.62. The van der Waals surface area contributed by atoms with E-state index in [0.717, 1.165) is 40.9 Å². The van der Waals surface area contributed by atoms with Gasteiger partial charge in [-0.1, -0.05) is 23.7 Å². The molecular weight excluding hydrogens is 396 g/mol. The first-order valence-corrected chi connectivity index (χ1v) is 10.7.